The number of nitrogens with zero attached hydrogens (tertiary/aromatic N) is 3. The molecule has 1 aliphatic heterocycles. The summed E-state index contributed by atoms with van der Waals surface area (Å²) >= 11 is 5.87. The van der Waals surface area contributed by atoms with E-state index in [0.717, 1.165) is 0 Å². The smallest absolute Gasteiger partial charge is 0.252 e. The maximum atomic E-state index is 13.5. The number of hydrogen-bond acceptors (Lipinski definition) is 4. The van der Waals surface area contributed by atoms with Crippen molar-refractivity contribution in [2.45, 2.75) is 32.0 Å². The van der Waals surface area contributed by atoms with Gasteiger partial charge in [0.15, 0.2) is 0 Å². The average Bonchev–Trinajstić information content (AvgIpc) is 2.87. The summed E-state index contributed by atoms with van der Waals surface area (Å²) in [6.45, 7) is 4.42. The van der Waals surface area contributed by atoms with Crippen molar-refractivity contribution in [1.29, 1.82) is 0 Å². The molecule has 0 bridgehead atoms. The lowest BCUT2D eigenvalue weighted by atomic mass is 9.96. The highest BCUT2D eigenvalue weighted by Crippen LogP contribution is 2.35. The summed E-state index contributed by atoms with van der Waals surface area (Å²) in [4.78, 5) is 14.1. The number of hydrogen-bond donors (Lipinski definition) is 2. The van der Waals surface area contributed by atoms with Gasteiger partial charge in [-0.25, -0.2) is 4.39 Å². The highest BCUT2D eigenvalue weighted by atomic mass is 35.5. The Morgan fingerprint density at radius 2 is 2.16 bits per heavy atom. The largest absolute Gasteiger partial charge is 0.388 e. The fourth-order valence-corrected chi connectivity index (χ4v) is 3.38. The van der Waals surface area contributed by atoms with Crippen LogP contribution in [0, 0.1) is 5.82 Å². The van der Waals surface area contributed by atoms with Gasteiger partial charge in [0, 0.05) is 18.7 Å². The lowest BCUT2D eigenvalue weighted by Crippen LogP contribution is -2.45. The SMILES string of the molecule is CN1Cc2c(C(N)=O)c(-c3ccc(F)c(Cl)c3)nn2C(C(C)(C)O)C1. The van der Waals surface area contributed by atoms with E-state index >= 15 is 0 Å². The number of likely N-dealkylation sites (N-methyl/N-ethyl adjacent to an activating group) is 1. The standard InChI is InChI=1S/C17H20ClFN4O2/c1-17(2,25)13-8-22(3)7-12-14(16(20)24)15(21-23(12)13)9-4-5-11(19)10(18)6-9/h4-6,13,25H,7-8H2,1-3H3,(H2,20,24). The summed E-state index contributed by atoms with van der Waals surface area (Å²) in [7, 11) is 1.90. The topological polar surface area (TPSA) is 84.4 Å². The number of nitrogens with two attached hydrogens (primary N) is 1. The third-order valence-electron chi connectivity index (χ3n) is 4.46. The van der Waals surface area contributed by atoms with Gasteiger partial charge in [-0.1, -0.05) is 11.6 Å². The maximum absolute atomic E-state index is 13.5. The first-order valence-electron chi connectivity index (χ1n) is 7.87. The monoisotopic (exact) mass is 366 g/mol. The van der Waals surface area contributed by atoms with E-state index in [-0.39, 0.29) is 16.6 Å². The van der Waals surface area contributed by atoms with E-state index in [0.29, 0.717) is 30.0 Å². The van der Waals surface area contributed by atoms with Gasteiger partial charge in [-0.05, 0) is 39.1 Å². The average molecular weight is 367 g/mol. The van der Waals surface area contributed by atoms with Crippen molar-refractivity contribution >= 4 is 17.5 Å². The summed E-state index contributed by atoms with van der Waals surface area (Å²) < 4.78 is 15.1. The van der Waals surface area contributed by atoms with Crippen LogP contribution in [0.4, 0.5) is 4.39 Å². The van der Waals surface area contributed by atoms with Gasteiger partial charge in [-0.2, -0.15) is 5.10 Å². The van der Waals surface area contributed by atoms with E-state index in [4.69, 9.17) is 17.3 Å². The number of rotatable bonds is 3. The van der Waals surface area contributed by atoms with Gasteiger partial charge < -0.3 is 10.8 Å². The fraction of sp³-hybridized carbons (Fsp3) is 0.412. The Labute approximate surface area is 150 Å². The summed E-state index contributed by atoms with van der Waals surface area (Å²) in [6.07, 6.45) is 0. The first-order chi connectivity index (χ1) is 11.6. The van der Waals surface area contributed by atoms with Crippen LogP contribution in [0.1, 0.15) is 35.9 Å². The van der Waals surface area contributed by atoms with Gasteiger partial charge in [-0.3, -0.25) is 14.4 Å². The highest BCUT2D eigenvalue weighted by molar-refractivity contribution is 6.31. The molecule has 1 amide bonds. The van der Waals surface area contributed by atoms with Crippen LogP contribution in [-0.2, 0) is 6.54 Å². The lowest BCUT2D eigenvalue weighted by molar-refractivity contribution is -0.00731. The van der Waals surface area contributed by atoms with E-state index in [1.54, 1.807) is 18.5 Å². The summed E-state index contributed by atoms with van der Waals surface area (Å²) in [5.74, 6) is -1.18. The van der Waals surface area contributed by atoms with Gasteiger partial charge in [0.2, 0.25) is 0 Å². The second-order valence-electron chi connectivity index (χ2n) is 6.97. The normalized spacial score (nSPS) is 18.2. The van der Waals surface area contributed by atoms with Gasteiger partial charge in [0.25, 0.3) is 5.91 Å². The molecule has 2 heterocycles. The number of aromatic nitrogens is 2. The Bertz CT molecular complexity index is 844. The lowest BCUT2D eigenvalue weighted by Gasteiger charge is -2.38. The predicted molar refractivity (Wildman–Crippen MR) is 92.8 cm³/mol. The van der Waals surface area contributed by atoms with Gasteiger partial charge in [0.1, 0.15) is 11.5 Å². The Balaban J connectivity index is 2.24. The number of primary amides is 1. The number of carbonyl (C=O) groups is 1. The quantitative estimate of drug-likeness (QED) is 0.872. The van der Waals surface area contributed by atoms with Crippen molar-refractivity contribution in [1.82, 2.24) is 14.7 Å². The van der Waals surface area contributed by atoms with Crippen LogP contribution in [-0.4, -0.2) is 44.9 Å². The molecule has 134 valence electrons. The number of benzene rings is 1. The molecule has 8 heteroatoms. The third kappa shape index (κ3) is 3.15. The number of fused-ring (bicyclic) bond motifs is 1. The van der Waals surface area contributed by atoms with Crippen molar-refractivity contribution in [3.63, 3.8) is 0 Å². The van der Waals surface area contributed by atoms with Crippen molar-refractivity contribution in [3.05, 3.63) is 40.3 Å². The van der Waals surface area contributed by atoms with Crippen molar-refractivity contribution in [2.75, 3.05) is 13.6 Å². The molecule has 3 N–H and O–H groups in total. The molecule has 0 saturated carbocycles. The molecule has 0 fully saturated rings. The summed E-state index contributed by atoms with van der Waals surface area (Å²) in [5, 5.41) is 15.0. The van der Waals surface area contributed by atoms with Crippen molar-refractivity contribution in [2.24, 2.45) is 5.73 Å². The zero-order valence-corrected chi connectivity index (χ0v) is 15.0. The van der Waals surface area contributed by atoms with E-state index in [2.05, 4.69) is 5.10 Å². The number of halogens is 2. The molecule has 1 atom stereocenters. The second kappa shape index (κ2) is 6.09. The Kier molecular flexibility index (Phi) is 4.35. The molecule has 1 aromatic carbocycles. The predicted octanol–water partition coefficient (Wildman–Crippen LogP) is 2.20. The second-order valence-corrected chi connectivity index (χ2v) is 7.38. The summed E-state index contributed by atoms with van der Waals surface area (Å²) in [5.41, 5.74) is 6.29. The van der Waals surface area contributed by atoms with Gasteiger partial charge in [-0.15, -0.1) is 0 Å². The Hall–Kier alpha value is -1.96. The first kappa shape index (κ1) is 17.8. The van der Waals surface area contributed by atoms with Gasteiger partial charge >= 0.3 is 0 Å². The number of amides is 1. The molecule has 1 unspecified atom stereocenters. The van der Waals surface area contributed by atoms with E-state index in [1.807, 2.05) is 11.9 Å². The van der Waals surface area contributed by atoms with Crippen LogP contribution in [0.2, 0.25) is 5.02 Å². The minimum absolute atomic E-state index is 0.0601. The molecule has 1 aromatic heterocycles. The Morgan fingerprint density at radius 1 is 1.48 bits per heavy atom. The molecule has 25 heavy (non-hydrogen) atoms. The van der Waals surface area contributed by atoms with Crippen molar-refractivity contribution < 1.29 is 14.3 Å². The molecule has 2 aromatic rings. The summed E-state index contributed by atoms with van der Waals surface area (Å²) in [6, 6.07) is 3.79. The fourth-order valence-electron chi connectivity index (χ4n) is 3.20. The molecular formula is C17H20ClFN4O2. The van der Waals surface area contributed by atoms with E-state index in [1.165, 1.54) is 18.2 Å². The molecule has 0 radical (unpaired) electrons. The number of aliphatic hydroxyl groups is 1. The third-order valence-corrected chi connectivity index (χ3v) is 4.75. The molecule has 3 rings (SSSR count). The molecule has 0 saturated heterocycles. The maximum Gasteiger partial charge on any atom is 0.252 e. The van der Waals surface area contributed by atoms with Crippen molar-refractivity contribution in [3.8, 4) is 11.3 Å². The zero-order valence-electron chi connectivity index (χ0n) is 14.3. The van der Waals surface area contributed by atoms with E-state index in [9.17, 15) is 14.3 Å². The first-order valence-corrected chi connectivity index (χ1v) is 8.25. The van der Waals surface area contributed by atoms with Crippen LogP contribution in [0.25, 0.3) is 11.3 Å². The minimum atomic E-state index is -1.05. The van der Waals surface area contributed by atoms with Crippen LogP contribution >= 0.6 is 11.6 Å². The van der Waals surface area contributed by atoms with E-state index < -0.39 is 17.3 Å². The molecule has 0 aliphatic carbocycles. The highest BCUT2D eigenvalue weighted by Gasteiger charge is 2.38. The van der Waals surface area contributed by atoms with Gasteiger partial charge in [0.05, 0.1) is 27.9 Å². The number of carbonyl (C=O) groups excluding carboxylic acids is 1. The molecule has 6 nitrogen and oxygen atoms in total. The molecule has 1 aliphatic rings. The van der Waals surface area contributed by atoms with Crippen LogP contribution in [0.3, 0.4) is 0 Å². The van der Waals surface area contributed by atoms with Crippen LogP contribution in [0.5, 0.6) is 0 Å². The molecule has 0 spiro atoms. The Morgan fingerprint density at radius 3 is 2.72 bits per heavy atom. The van der Waals surface area contributed by atoms with Crippen LogP contribution in [0.15, 0.2) is 18.2 Å². The van der Waals surface area contributed by atoms with Crippen LogP contribution < -0.4 is 5.73 Å². The molecular weight excluding hydrogens is 347 g/mol. The minimum Gasteiger partial charge on any atom is -0.388 e. The zero-order chi connectivity index (χ0) is 18.5.